The number of carbonyl (C=O) groups is 1. The number of nitrogens with zero attached hydrogens (tertiary/aromatic N) is 2. The molecule has 2 aliphatic carbocycles. The summed E-state index contributed by atoms with van der Waals surface area (Å²) in [5, 5.41) is 14.7. The lowest BCUT2D eigenvalue weighted by molar-refractivity contribution is -0.0132. The normalized spacial score (nSPS) is 29.4. The van der Waals surface area contributed by atoms with Gasteiger partial charge in [-0.2, -0.15) is 0 Å². The van der Waals surface area contributed by atoms with E-state index in [1.165, 1.54) is 5.56 Å². The van der Waals surface area contributed by atoms with E-state index in [4.69, 9.17) is 9.26 Å². The highest BCUT2D eigenvalue weighted by atomic mass is 16.5. The van der Waals surface area contributed by atoms with Crippen LogP contribution in [0.1, 0.15) is 66.8 Å². The van der Waals surface area contributed by atoms with Gasteiger partial charge in [0.1, 0.15) is 11.2 Å². The molecule has 3 aromatic rings. The topological polar surface area (TPSA) is 110 Å². The Labute approximate surface area is 171 Å². The quantitative estimate of drug-likeness (QED) is 0.685. The van der Waals surface area contributed by atoms with Crippen molar-refractivity contribution in [1.29, 1.82) is 0 Å². The highest BCUT2D eigenvalue weighted by Crippen LogP contribution is 2.56. The predicted molar refractivity (Wildman–Crippen MR) is 107 cm³/mol. The molecule has 2 aromatic heterocycles. The smallest absolute Gasteiger partial charge is 0.438 e. The van der Waals surface area contributed by atoms with E-state index >= 15 is 0 Å². The molecule has 1 spiro atoms. The SMILES string of the molecule is C[C@@H]1C[C@@]1(c1noc(=O)[nH]1)n1c(C(=O)O)cc2cc([C@H]3CCOC4(CC4)C3)ccc21. The van der Waals surface area contributed by atoms with Crippen LogP contribution in [0.15, 0.2) is 33.6 Å². The zero-order chi connectivity index (χ0) is 20.7. The Kier molecular flexibility index (Phi) is 3.50. The van der Waals surface area contributed by atoms with Crippen molar-refractivity contribution in [2.75, 3.05) is 6.61 Å². The maximum Gasteiger partial charge on any atom is 0.438 e. The molecule has 8 heteroatoms. The molecule has 1 aromatic carbocycles. The Morgan fingerprint density at radius 3 is 2.73 bits per heavy atom. The molecule has 2 saturated carbocycles. The van der Waals surface area contributed by atoms with Crippen molar-refractivity contribution in [2.24, 2.45) is 5.92 Å². The fraction of sp³-hybridized carbons (Fsp3) is 0.500. The summed E-state index contributed by atoms with van der Waals surface area (Å²) in [5.41, 5.74) is 1.64. The predicted octanol–water partition coefficient (Wildman–Crippen LogP) is 3.23. The Bertz CT molecular complexity index is 1230. The summed E-state index contributed by atoms with van der Waals surface area (Å²) in [5.74, 6) is -0.698. The van der Waals surface area contributed by atoms with E-state index in [1.807, 2.05) is 17.6 Å². The van der Waals surface area contributed by atoms with Gasteiger partial charge >= 0.3 is 11.7 Å². The fourth-order valence-electron chi connectivity index (χ4n) is 5.45. The first kappa shape index (κ1) is 17.9. The monoisotopic (exact) mass is 409 g/mol. The standard InChI is InChI=1S/C22H23N3O5/c1-12-10-22(12,19-23-20(28)30-24-19)25-16-3-2-13(8-15(16)9-17(25)18(26)27)14-4-7-29-21(11-14)5-6-21/h2-3,8-9,12,14H,4-7,10-11H2,1H3,(H,26,27)(H,23,24,28)/t12-,14+,22-/m1/s1. The molecular weight excluding hydrogens is 386 g/mol. The van der Waals surface area contributed by atoms with Crippen molar-refractivity contribution in [1.82, 2.24) is 14.7 Å². The summed E-state index contributed by atoms with van der Waals surface area (Å²) < 4.78 is 12.5. The zero-order valence-electron chi connectivity index (χ0n) is 16.7. The molecule has 3 atom stereocenters. The number of hydrogen-bond donors (Lipinski definition) is 2. The molecule has 0 amide bonds. The Hall–Kier alpha value is -2.87. The fourth-order valence-corrected chi connectivity index (χ4v) is 5.45. The number of H-pyrrole nitrogens is 1. The summed E-state index contributed by atoms with van der Waals surface area (Å²) >= 11 is 0. The van der Waals surface area contributed by atoms with Gasteiger partial charge in [-0.15, -0.1) is 0 Å². The van der Waals surface area contributed by atoms with Gasteiger partial charge in [0.05, 0.1) is 5.60 Å². The second-order valence-electron chi connectivity index (χ2n) is 9.18. The molecule has 30 heavy (non-hydrogen) atoms. The lowest BCUT2D eigenvalue weighted by atomic mass is 9.87. The molecule has 0 bridgehead atoms. The van der Waals surface area contributed by atoms with E-state index in [0.29, 0.717) is 18.2 Å². The van der Waals surface area contributed by atoms with E-state index in [1.54, 1.807) is 6.07 Å². The molecule has 6 rings (SSSR count). The number of carboxylic acid groups (broad SMARTS) is 1. The summed E-state index contributed by atoms with van der Waals surface area (Å²) in [6, 6.07) is 7.98. The Balaban J connectivity index is 1.48. The number of aromatic amines is 1. The number of fused-ring (bicyclic) bond motifs is 1. The molecule has 0 radical (unpaired) electrons. The third-order valence-electron chi connectivity index (χ3n) is 7.34. The van der Waals surface area contributed by atoms with E-state index in [-0.39, 0.29) is 17.2 Å². The molecule has 1 saturated heterocycles. The number of hydrogen-bond acceptors (Lipinski definition) is 5. The lowest BCUT2D eigenvalue weighted by Crippen LogP contribution is -2.27. The van der Waals surface area contributed by atoms with Crippen molar-refractivity contribution in [3.63, 3.8) is 0 Å². The number of aromatic carboxylic acids is 1. The summed E-state index contributed by atoms with van der Waals surface area (Å²) in [6.45, 7) is 2.81. The van der Waals surface area contributed by atoms with Gasteiger partial charge in [-0.25, -0.2) is 9.59 Å². The lowest BCUT2D eigenvalue weighted by Gasteiger charge is -2.30. The van der Waals surface area contributed by atoms with E-state index in [9.17, 15) is 14.7 Å². The first-order chi connectivity index (χ1) is 14.4. The summed E-state index contributed by atoms with van der Waals surface area (Å²) in [4.78, 5) is 26.4. The second-order valence-corrected chi connectivity index (χ2v) is 9.18. The zero-order valence-corrected chi connectivity index (χ0v) is 16.7. The average Bonchev–Trinajstić information content (AvgIpc) is 3.49. The van der Waals surface area contributed by atoms with Gasteiger partial charge in [0.15, 0.2) is 5.82 Å². The van der Waals surface area contributed by atoms with Crippen LogP contribution in [0.3, 0.4) is 0 Å². The van der Waals surface area contributed by atoms with Crippen LogP contribution < -0.4 is 5.76 Å². The Morgan fingerprint density at radius 2 is 2.10 bits per heavy atom. The molecular formula is C22H23N3O5. The molecule has 3 heterocycles. The van der Waals surface area contributed by atoms with E-state index < -0.39 is 17.3 Å². The number of carboxylic acids is 1. The maximum atomic E-state index is 12.1. The van der Waals surface area contributed by atoms with Crippen molar-refractivity contribution in [2.45, 2.75) is 56.1 Å². The first-order valence-electron chi connectivity index (χ1n) is 10.5. The Morgan fingerprint density at radius 1 is 1.30 bits per heavy atom. The van der Waals surface area contributed by atoms with Crippen molar-refractivity contribution in [3.8, 4) is 0 Å². The van der Waals surface area contributed by atoms with Crippen LogP contribution in [-0.4, -0.2) is 38.0 Å². The van der Waals surface area contributed by atoms with Crippen molar-refractivity contribution < 1.29 is 19.2 Å². The van der Waals surface area contributed by atoms with Gasteiger partial charge in [0.2, 0.25) is 0 Å². The summed E-state index contributed by atoms with van der Waals surface area (Å²) in [6.07, 6.45) is 4.99. The first-order valence-corrected chi connectivity index (χ1v) is 10.5. The van der Waals surface area contributed by atoms with Crippen LogP contribution in [0.5, 0.6) is 0 Å². The van der Waals surface area contributed by atoms with Gasteiger partial charge in [-0.1, -0.05) is 18.1 Å². The molecule has 3 fully saturated rings. The van der Waals surface area contributed by atoms with Crippen molar-refractivity contribution in [3.05, 3.63) is 51.9 Å². The molecule has 3 aliphatic rings. The molecule has 0 unspecified atom stereocenters. The van der Waals surface area contributed by atoms with Crippen LogP contribution >= 0.6 is 0 Å². The minimum atomic E-state index is -1.000. The summed E-state index contributed by atoms with van der Waals surface area (Å²) in [7, 11) is 0. The number of rotatable bonds is 4. The molecule has 156 valence electrons. The van der Waals surface area contributed by atoms with Gasteiger partial charge in [-0.3, -0.25) is 9.51 Å². The molecule has 2 N–H and O–H groups in total. The number of ether oxygens (including phenoxy) is 1. The van der Waals surface area contributed by atoms with Gasteiger partial charge in [0.25, 0.3) is 0 Å². The number of aromatic nitrogens is 3. The highest BCUT2D eigenvalue weighted by Gasteiger charge is 2.59. The van der Waals surface area contributed by atoms with Crippen LogP contribution in [0, 0.1) is 5.92 Å². The average molecular weight is 409 g/mol. The maximum absolute atomic E-state index is 12.1. The second kappa shape index (κ2) is 5.85. The minimum absolute atomic E-state index is 0.0857. The van der Waals surface area contributed by atoms with Crippen LogP contribution in [0.25, 0.3) is 10.9 Å². The minimum Gasteiger partial charge on any atom is -0.477 e. The third kappa shape index (κ3) is 2.46. The number of benzene rings is 1. The number of nitrogens with one attached hydrogen (secondary N) is 1. The van der Waals surface area contributed by atoms with E-state index in [0.717, 1.165) is 43.2 Å². The largest absolute Gasteiger partial charge is 0.477 e. The van der Waals surface area contributed by atoms with Crippen LogP contribution in [0.2, 0.25) is 0 Å². The molecule has 1 aliphatic heterocycles. The third-order valence-corrected chi connectivity index (χ3v) is 7.34. The van der Waals surface area contributed by atoms with Gasteiger partial charge < -0.3 is 14.4 Å². The highest BCUT2D eigenvalue weighted by molar-refractivity contribution is 5.95. The van der Waals surface area contributed by atoms with E-state index in [2.05, 4.69) is 22.3 Å². The molecule has 8 nitrogen and oxygen atoms in total. The van der Waals surface area contributed by atoms with Gasteiger partial charge in [0, 0.05) is 17.5 Å². The van der Waals surface area contributed by atoms with Crippen molar-refractivity contribution >= 4 is 16.9 Å². The van der Waals surface area contributed by atoms with Crippen LogP contribution in [-0.2, 0) is 10.3 Å². The van der Waals surface area contributed by atoms with Gasteiger partial charge in [-0.05, 0) is 67.7 Å². The van der Waals surface area contributed by atoms with Crippen LogP contribution in [0.4, 0.5) is 0 Å².